The molecule has 24 heavy (non-hydrogen) atoms. The van der Waals surface area contributed by atoms with Gasteiger partial charge in [0.1, 0.15) is 5.75 Å². The summed E-state index contributed by atoms with van der Waals surface area (Å²) in [6.45, 7) is 1.45. The number of nitrogens with zero attached hydrogens (tertiary/aromatic N) is 2. The fraction of sp³-hybridized carbons (Fsp3) is 0.278. The van der Waals surface area contributed by atoms with Gasteiger partial charge in [-0.2, -0.15) is 0 Å². The number of para-hydroxylation sites is 2. The molecule has 0 amide bonds. The van der Waals surface area contributed by atoms with Gasteiger partial charge in [0.15, 0.2) is 5.96 Å². The molecule has 0 atom stereocenters. The first-order valence-electron chi connectivity index (χ1n) is 7.51. The van der Waals surface area contributed by atoms with Crippen molar-refractivity contribution in [3.63, 3.8) is 0 Å². The maximum absolute atomic E-state index is 5.97. The number of guanidine groups is 1. The standard InChI is InChI=1S/C18H24N4O.HI/c1-22(2)13-15-8-6-7-14(11-15)12-20-18(19)21-16-9-4-5-10-17(16)23-3;/h4-11H,12-13H2,1-3H3,(H3,19,20,21);1H. The van der Waals surface area contributed by atoms with Crippen LogP contribution in [-0.2, 0) is 13.1 Å². The number of nitrogens with one attached hydrogen (secondary N) is 1. The second-order valence-electron chi connectivity index (χ2n) is 5.58. The molecule has 2 rings (SSSR count). The summed E-state index contributed by atoms with van der Waals surface area (Å²) >= 11 is 0. The molecule has 0 radical (unpaired) electrons. The average molecular weight is 440 g/mol. The minimum atomic E-state index is 0. The highest BCUT2D eigenvalue weighted by molar-refractivity contribution is 14.0. The van der Waals surface area contributed by atoms with Crippen LogP contribution >= 0.6 is 24.0 Å². The number of benzene rings is 2. The van der Waals surface area contributed by atoms with Gasteiger partial charge in [0.05, 0.1) is 19.3 Å². The molecule has 0 aliphatic carbocycles. The van der Waals surface area contributed by atoms with E-state index in [1.165, 1.54) is 5.56 Å². The van der Waals surface area contributed by atoms with Crippen molar-refractivity contribution in [2.24, 2.45) is 10.7 Å². The van der Waals surface area contributed by atoms with Gasteiger partial charge in [-0.25, -0.2) is 4.99 Å². The monoisotopic (exact) mass is 440 g/mol. The zero-order valence-electron chi connectivity index (χ0n) is 14.3. The first-order valence-corrected chi connectivity index (χ1v) is 7.51. The molecular weight excluding hydrogens is 415 g/mol. The molecule has 2 aromatic rings. The minimum absolute atomic E-state index is 0. The van der Waals surface area contributed by atoms with Crippen LogP contribution in [0.4, 0.5) is 5.69 Å². The summed E-state index contributed by atoms with van der Waals surface area (Å²) in [5, 5.41) is 3.07. The van der Waals surface area contributed by atoms with E-state index in [0.717, 1.165) is 23.5 Å². The summed E-state index contributed by atoms with van der Waals surface area (Å²) in [4.78, 5) is 6.54. The van der Waals surface area contributed by atoms with Crippen molar-refractivity contribution in [3.05, 3.63) is 59.7 Å². The second-order valence-corrected chi connectivity index (χ2v) is 5.58. The summed E-state index contributed by atoms with van der Waals surface area (Å²) in [5.74, 6) is 1.10. The molecular formula is C18H25IN4O. The van der Waals surface area contributed by atoms with Crippen LogP contribution in [0.5, 0.6) is 5.75 Å². The maximum Gasteiger partial charge on any atom is 0.193 e. The summed E-state index contributed by atoms with van der Waals surface area (Å²) in [7, 11) is 5.74. The van der Waals surface area contributed by atoms with E-state index in [1.807, 2.05) is 30.3 Å². The Morgan fingerprint density at radius 3 is 2.54 bits per heavy atom. The summed E-state index contributed by atoms with van der Waals surface area (Å²) < 4.78 is 5.28. The number of hydrogen-bond acceptors (Lipinski definition) is 3. The fourth-order valence-electron chi connectivity index (χ4n) is 2.29. The number of rotatable bonds is 6. The second kappa shape index (κ2) is 10.1. The van der Waals surface area contributed by atoms with E-state index >= 15 is 0 Å². The Kier molecular flexibility index (Phi) is 8.56. The Morgan fingerprint density at radius 2 is 1.83 bits per heavy atom. The van der Waals surface area contributed by atoms with Crippen LogP contribution in [0.2, 0.25) is 0 Å². The largest absolute Gasteiger partial charge is 0.495 e. The van der Waals surface area contributed by atoms with Gasteiger partial charge in [-0.05, 0) is 37.4 Å². The molecule has 0 saturated carbocycles. The molecule has 0 fully saturated rings. The minimum Gasteiger partial charge on any atom is -0.495 e. The molecule has 130 valence electrons. The highest BCUT2D eigenvalue weighted by atomic mass is 127. The molecule has 0 unspecified atom stereocenters. The first-order chi connectivity index (χ1) is 11.1. The molecule has 0 saturated heterocycles. The molecule has 0 bridgehead atoms. The first kappa shape index (κ1) is 20.2. The van der Waals surface area contributed by atoms with Crippen molar-refractivity contribution in [3.8, 4) is 5.75 Å². The fourth-order valence-corrected chi connectivity index (χ4v) is 2.29. The van der Waals surface area contributed by atoms with E-state index < -0.39 is 0 Å². The zero-order chi connectivity index (χ0) is 16.7. The lowest BCUT2D eigenvalue weighted by Crippen LogP contribution is -2.23. The number of ether oxygens (including phenoxy) is 1. The smallest absolute Gasteiger partial charge is 0.193 e. The van der Waals surface area contributed by atoms with E-state index in [9.17, 15) is 0 Å². The predicted molar refractivity (Wildman–Crippen MR) is 111 cm³/mol. The Balaban J connectivity index is 0.00000288. The SMILES string of the molecule is COc1ccccc1NC(N)=NCc1cccc(CN(C)C)c1.I. The van der Waals surface area contributed by atoms with Crippen molar-refractivity contribution >= 4 is 35.6 Å². The van der Waals surface area contributed by atoms with E-state index in [2.05, 4.69) is 47.5 Å². The third-order valence-electron chi connectivity index (χ3n) is 3.29. The lowest BCUT2D eigenvalue weighted by molar-refractivity contribution is 0.402. The van der Waals surface area contributed by atoms with Gasteiger partial charge in [0.25, 0.3) is 0 Å². The molecule has 0 aliphatic rings. The number of methoxy groups -OCH3 is 1. The molecule has 0 aromatic heterocycles. The lowest BCUT2D eigenvalue weighted by atomic mass is 10.1. The summed E-state index contributed by atoms with van der Waals surface area (Å²) in [5.41, 5.74) is 9.17. The Labute approximate surface area is 160 Å². The number of hydrogen-bond donors (Lipinski definition) is 2. The quantitative estimate of drug-likeness (QED) is 0.411. The van der Waals surface area contributed by atoms with Crippen molar-refractivity contribution in [1.82, 2.24) is 4.90 Å². The van der Waals surface area contributed by atoms with Gasteiger partial charge >= 0.3 is 0 Å². The van der Waals surface area contributed by atoms with E-state index in [0.29, 0.717) is 12.5 Å². The van der Waals surface area contributed by atoms with E-state index in [1.54, 1.807) is 7.11 Å². The van der Waals surface area contributed by atoms with Crippen molar-refractivity contribution in [1.29, 1.82) is 0 Å². The molecule has 6 heteroatoms. The van der Waals surface area contributed by atoms with Crippen LogP contribution in [0.15, 0.2) is 53.5 Å². The zero-order valence-corrected chi connectivity index (χ0v) is 16.7. The predicted octanol–water partition coefficient (Wildman–Crippen LogP) is 3.30. The van der Waals surface area contributed by atoms with Crippen LogP contribution in [-0.4, -0.2) is 32.1 Å². The van der Waals surface area contributed by atoms with Crippen LogP contribution < -0.4 is 15.8 Å². The van der Waals surface area contributed by atoms with Crippen molar-refractivity contribution < 1.29 is 4.74 Å². The van der Waals surface area contributed by atoms with Crippen LogP contribution in [0.25, 0.3) is 0 Å². The van der Waals surface area contributed by atoms with Crippen LogP contribution in [0.1, 0.15) is 11.1 Å². The number of nitrogens with two attached hydrogens (primary N) is 1. The third-order valence-corrected chi connectivity index (χ3v) is 3.29. The topological polar surface area (TPSA) is 62.9 Å². The van der Waals surface area contributed by atoms with Crippen LogP contribution in [0.3, 0.4) is 0 Å². The molecule has 0 heterocycles. The number of aliphatic imine (C=N–C) groups is 1. The van der Waals surface area contributed by atoms with Gasteiger partial charge in [-0.3, -0.25) is 0 Å². The van der Waals surface area contributed by atoms with Gasteiger partial charge in [-0.1, -0.05) is 36.4 Å². The summed E-state index contributed by atoms with van der Waals surface area (Å²) in [6, 6.07) is 16.0. The molecule has 0 aliphatic heterocycles. The highest BCUT2D eigenvalue weighted by Gasteiger charge is 2.02. The van der Waals surface area contributed by atoms with E-state index in [4.69, 9.17) is 10.5 Å². The lowest BCUT2D eigenvalue weighted by Gasteiger charge is -2.11. The molecule has 2 aromatic carbocycles. The van der Waals surface area contributed by atoms with Crippen molar-refractivity contribution in [2.45, 2.75) is 13.1 Å². The average Bonchev–Trinajstić information content (AvgIpc) is 2.53. The maximum atomic E-state index is 5.97. The van der Waals surface area contributed by atoms with Gasteiger partial charge in [0, 0.05) is 6.54 Å². The molecule has 0 spiro atoms. The summed E-state index contributed by atoms with van der Waals surface area (Å²) in [6.07, 6.45) is 0. The van der Waals surface area contributed by atoms with Crippen molar-refractivity contribution in [2.75, 3.05) is 26.5 Å². The van der Waals surface area contributed by atoms with Gasteiger partial charge < -0.3 is 20.7 Å². The number of anilines is 1. The number of halogens is 1. The highest BCUT2D eigenvalue weighted by Crippen LogP contribution is 2.22. The van der Waals surface area contributed by atoms with E-state index in [-0.39, 0.29) is 24.0 Å². The van der Waals surface area contributed by atoms with Gasteiger partial charge in [-0.15, -0.1) is 24.0 Å². The normalized spacial score (nSPS) is 11.1. The van der Waals surface area contributed by atoms with Gasteiger partial charge in [0.2, 0.25) is 0 Å². The Bertz CT molecular complexity index is 674. The Morgan fingerprint density at radius 1 is 1.12 bits per heavy atom. The Hall–Kier alpha value is -1.80. The van der Waals surface area contributed by atoms with Crippen LogP contribution in [0, 0.1) is 0 Å². The third kappa shape index (κ3) is 6.37. The molecule has 5 nitrogen and oxygen atoms in total. The molecule has 3 N–H and O–H groups in total.